The zero-order valence-corrected chi connectivity index (χ0v) is 11.6. The molecule has 8 nitrogen and oxygen atoms in total. The Morgan fingerprint density at radius 2 is 2.30 bits per heavy atom. The van der Waals surface area contributed by atoms with Crippen molar-refractivity contribution in [3.63, 3.8) is 0 Å². The summed E-state index contributed by atoms with van der Waals surface area (Å²) < 4.78 is 1.19. The maximum Gasteiger partial charge on any atom is 0.358 e. The zero-order chi connectivity index (χ0) is 14.5. The quantitative estimate of drug-likeness (QED) is 0.782. The first kappa shape index (κ1) is 14.1. The fraction of sp³-hybridized carbons (Fsp3) is 0.364. The summed E-state index contributed by atoms with van der Waals surface area (Å²) in [6.45, 7) is 2.34. The first-order valence-electron chi connectivity index (χ1n) is 5.85. The Balaban J connectivity index is 1.76. The molecule has 2 rings (SSSR count). The Hall–Kier alpha value is -2.29. The largest absolute Gasteiger partial charge is 0.476 e. The average Bonchev–Trinajstić information content (AvgIpc) is 2.99. The van der Waals surface area contributed by atoms with Gasteiger partial charge >= 0.3 is 5.97 Å². The van der Waals surface area contributed by atoms with E-state index < -0.39 is 5.97 Å². The van der Waals surface area contributed by atoms with Crippen LogP contribution in [0.5, 0.6) is 0 Å². The molecule has 0 radical (unpaired) electrons. The number of carbonyl (C=O) groups excluding carboxylic acids is 1. The van der Waals surface area contributed by atoms with Gasteiger partial charge in [-0.15, -0.1) is 16.4 Å². The highest BCUT2D eigenvalue weighted by Crippen LogP contribution is 2.07. The van der Waals surface area contributed by atoms with E-state index in [9.17, 15) is 9.59 Å². The maximum absolute atomic E-state index is 11.6. The lowest BCUT2D eigenvalue weighted by atomic mass is 10.3. The highest BCUT2D eigenvalue weighted by molar-refractivity contribution is 7.09. The summed E-state index contributed by atoms with van der Waals surface area (Å²) in [6.07, 6.45) is 1.87. The molecule has 2 heterocycles. The summed E-state index contributed by atoms with van der Waals surface area (Å²) in [6, 6.07) is 0. The van der Waals surface area contributed by atoms with E-state index >= 15 is 0 Å². The molecule has 0 aliphatic carbocycles. The van der Waals surface area contributed by atoms with E-state index in [-0.39, 0.29) is 18.1 Å². The van der Waals surface area contributed by atoms with Crippen LogP contribution in [0, 0.1) is 6.92 Å². The van der Waals surface area contributed by atoms with Gasteiger partial charge in [-0.3, -0.25) is 4.79 Å². The Labute approximate surface area is 118 Å². The molecule has 106 valence electrons. The monoisotopic (exact) mass is 295 g/mol. The molecule has 1 amide bonds. The molecule has 0 aliphatic rings. The lowest BCUT2D eigenvalue weighted by Gasteiger charge is -2.03. The van der Waals surface area contributed by atoms with Crippen LogP contribution < -0.4 is 5.32 Å². The number of amides is 1. The normalized spacial score (nSPS) is 10.4. The first-order valence-corrected chi connectivity index (χ1v) is 6.73. The lowest BCUT2D eigenvalue weighted by molar-refractivity contribution is -0.121. The smallest absolute Gasteiger partial charge is 0.358 e. The van der Waals surface area contributed by atoms with E-state index in [1.165, 1.54) is 10.9 Å². The summed E-state index contributed by atoms with van der Waals surface area (Å²) in [7, 11) is 0. The summed E-state index contributed by atoms with van der Waals surface area (Å²) >= 11 is 1.57. The molecule has 0 spiro atoms. The average molecular weight is 295 g/mol. The first-order chi connectivity index (χ1) is 9.54. The number of aryl methyl sites for hydroxylation is 1. The van der Waals surface area contributed by atoms with Gasteiger partial charge in [0.1, 0.15) is 6.54 Å². The predicted octanol–water partition coefficient (Wildman–Crippen LogP) is 0.100. The van der Waals surface area contributed by atoms with Crippen molar-refractivity contribution in [1.82, 2.24) is 25.3 Å². The van der Waals surface area contributed by atoms with Crippen LogP contribution in [0.25, 0.3) is 0 Å². The van der Waals surface area contributed by atoms with Gasteiger partial charge in [0.25, 0.3) is 0 Å². The van der Waals surface area contributed by atoms with E-state index in [2.05, 4.69) is 20.6 Å². The summed E-state index contributed by atoms with van der Waals surface area (Å²) in [5.41, 5.74) is 0.762. The molecule has 0 fully saturated rings. The van der Waals surface area contributed by atoms with Crippen molar-refractivity contribution in [3.8, 4) is 0 Å². The summed E-state index contributed by atoms with van der Waals surface area (Å²) in [5.74, 6) is -1.42. The number of hydrogen-bond donors (Lipinski definition) is 2. The van der Waals surface area contributed by atoms with Gasteiger partial charge in [-0.1, -0.05) is 5.21 Å². The van der Waals surface area contributed by atoms with Crippen molar-refractivity contribution < 1.29 is 14.7 Å². The van der Waals surface area contributed by atoms with Crippen molar-refractivity contribution >= 4 is 23.2 Å². The van der Waals surface area contributed by atoms with Crippen LogP contribution in [0.2, 0.25) is 0 Å². The standard InChI is InChI=1S/C11H13N5O3S/c1-7-13-8(6-20-7)2-3-12-10(17)5-16-4-9(11(18)19)14-15-16/h4,6H,2-3,5H2,1H3,(H,12,17)(H,18,19). The molecule has 2 N–H and O–H groups in total. The highest BCUT2D eigenvalue weighted by Gasteiger charge is 2.10. The van der Waals surface area contributed by atoms with Gasteiger partial charge in [0.15, 0.2) is 5.69 Å². The Morgan fingerprint density at radius 3 is 2.90 bits per heavy atom. The van der Waals surface area contributed by atoms with Crippen molar-refractivity contribution in [3.05, 3.63) is 28.0 Å². The minimum absolute atomic E-state index is 0.0592. The molecular weight excluding hydrogens is 282 g/mol. The number of nitrogens with one attached hydrogen (secondary N) is 1. The molecule has 0 aliphatic heterocycles. The number of thiazole rings is 1. The number of aromatic nitrogens is 4. The molecular formula is C11H13N5O3S. The Morgan fingerprint density at radius 1 is 1.50 bits per heavy atom. The van der Waals surface area contributed by atoms with E-state index in [4.69, 9.17) is 5.11 Å². The number of carboxylic acids is 1. The van der Waals surface area contributed by atoms with Gasteiger partial charge in [0.2, 0.25) is 5.91 Å². The van der Waals surface area contributed by atoms with Crippen molar-refractivity contribution in [2.24, 2.45) is 0 Å². The number of hydrogen-bond acceptors (Lipinski definition) is 6. The molecule has 0 bridgehead atoms. The minimum atomic E-state index is -1.17. The van der Waals surface area contributed by atoms with E-state index in [1.807, 2.05) is 12.3 Å². The third kappa shape index (κ3) is 3.85. The number of rotatable bonds is 6. The molecule has 2 aromatic heterocycles. The molecule has 0 unspecified atom stereocenters. The van der Waals surface area contributed by atoms with Crippen LogP contribution in [0.4, 0.5) is 0 Å². The van der Waals surface area contributed by atoms with Gasteiger partial charge in [-0.05, 0) is 6.92 Å². The molecule has 0 saturated carbocycles. The fourth-order valence-electron chi connectivity index (χ4n) is 1.53. The van der Waals surface area contributed by atoms with Crippen molar-refractivity contribution in [2.45, 2.75) is 19.9 Å². The van der Waals surface area contributed by atoms with Gasteiger partial charge in [-0.25, -0.2) is 14.5 Å². The van der Waals surface area contributed by atoms with E-state index in [1.54, 1.807) is 11.3 Å². The molecule has 0 atom stereocenters. The fourth-order valence-corrected chi connectivity index (χ4v) is 2.18. The van der Waals surface area contributed by atoms with Crippen LogP contribution in [0.3, 0.4) is 0 Å². The Bertz CT molecular complexity index is 621. The molecule has 9 heteroatoms. The topological polar surface area (TPSA) is 110 Å². The van der Waals surface area contributed by atoms with Crippen LogP contribution in [0.1, 0.15) is 21.2 Å². The van der Waals surface area contributed by atoms with Crippen LogP contribution in [0.15, 0.2) is 11.6 Å². The number of aromatic carboxylic acids is 1. The second kappa shape index (κ2) is 6.24. The minimum Gasteiger partial charge on any atom is -0.476 e. The van der Waals surface area contributed by atoms with Crippen LogP contribution in [-0.4, -0.2) is 43.5 Å². The highest BCUT2D eigenvalue weighted by atomic mass is 32.1. The second-order valence-corrected chi connectivity index (χ2v) is 5.13. The van der Waals surface area contributed by atoms with Crippen molar-refractivity contribution in [1.29, 1.82) is 0 Å². The lowest BCUT2D eigenvalue weighted by Crippen LogP contribution is -2.29. The molecule has 20 heavy (non-hydrogen) atoms. The predicted molar refractivity (Wildman–Crippen MR) is 70.5 cm³/mol. The van der Waals surface area contributed by atoms with Gasteiger partial charge in [-0.2, -0.15) is 0 Å². The second-order valence-electron chi connectivity index (χ2n) is 4.06. The van der Waals surface area contributed by atoms with E-state index in [0.717, 1.165) is 10.7 Å². The van der Waals surface area contributed by atoms with E-state index in [0.29, 0.717) is 13.0 Å². The van der Waals surface area contributed by atoms with Crippen molar-refractivity contribution in [2.75, 3.05) is 6.54 Å². The SMILES string of the molecule is Cc1nc(CCNC(=O)Cn2cc(C(=O)O)nn2)cs1. The van der Waals surface area contributed by atoms with Gasteiger partial charge < -0.3 is 10.4 Å². The summed E-state index contributed by atoms with van der Waals surface area (Å²) in [5, 5.41) is 21.3. The number of nitrogens with zero attached hydrogens (tertiary/aromatic N) is 4. The van der Waals surface area contributed by atoms with Crippen LogP contribution in [-0.2, 0) is 17.8 Å². The molecule has 0 aromatic carbocycles. The molecule has 2 aromatic rings. The number of carboxylic acid groups (broad SMARTS) is 1. The maximum atomic E-state index is 11.6. The third-order valence-electron chi connectivity index (χ3n) is 2.43. The molecule has 0 saturated heterocycles. The van der Waals surface area contributed by atoms with Crippen LogP contribution >= 0.6 is 11.3 Å². The summed E-state index contributed by atoms with van der Waals surface area (Å²) in [4.78, 5) is 26.5. The van der Waals surface area contributed by atoms with Gasteiger partial charge in [0.05, 0.1) is 16.9 Å². The van der Waals surface area contributed by atoms with Gasteiger partial charge in [0, 0.05) is 18.3 Å². The zero-order valence-electron chi connectivity index (χ0n) is 10.7. The Kier molecular flexibility index (Phi) is 4.41. The number of carbonyl (C=O) groups is 2. The third-order valence-corrected chi connectivity index (χ3v) is 3.26.